The van der Waals surface area contributed by atoms with Gasteiger partial charge in [0.2, 0.25) is 0 Å². The van der Waals surface area contributed by atoms with Crippen molar-refractivity contribution in [2.75, 3.05) is 14.1 Å². The van der Waals surface area contributed by atoms with Gasteiger partial charge in [0.1, 0.15) is 0 Å². The largest absolute Gasteiger partial charge is 0.481 e. The highest BCUT2D eigenvalue weighted by Crippen LogP contribution is 2.42. The molecule has 3 nitrogen and oxygen atoms in total. The van der Waals surface area contributed by atoms with Crippen LogP contribution in [0.5, 0.6) is 0 Å². The molecule has 1 aromatic rings. The average Bonchev–Trinajstić information content (AvgIpc) is 2.48. The molecule has 0 saturated heterocycles. The van der Waals surface area contributed by atoms with E-state index in [1.54, 1.807) is 11.3 Å². The summed E-state index contributed by atoms with van der Waals surface area (Å²) < 4.78 is 0. The molecule has 0 aromatic carbocycles. The van der Waals surface area contributed by atoms with E-state index in [4.69, 9.17) is 5.11 Å². The van der Waals surface area contributed by atoms with Crippen LogP contribution in [0.4, 0.5) is 0 Å². The number of hydrogen-bond donors (Lipinski definition) is 1. The number of rotatable bonds is 5. The number of hydrogen-bond acceptors (Lipinski definition) is 3. The monoisotopic (exact) mass is 255 g/mol. The predicted molar refractivity (Wildman–Crippen MR) is 71.5 cm³/mol. The summed E-state index contributed by atoms with van der Waals surface area (Å²) in [5.41, 5.74) is 0.956. The molecule has 1 aromatic heterocycles. The lowest BCUT2D eigenvalue weighted by atomic mass is 9.79. The smallest absolute Gasteiger partial charge is 0.303 e. The molecule has 0 spiro atoms. The van der Waals surface area contributed by atoms with E-state index in [1.165, 1.54) is 10.4 Å². The van der Waals surface area contributed by atoms with Gasteiger partial charge in [-0.2, -0.15) is 0 Å². The minimum absolute atomic E-state index is 0.138. The summed E-state index contributed by atoms with van der Waals surface area (Å²) in [7, 11) is 4.01. The van der Waals surface area contributed by atoms with E-state index < -0.39 is 5.97 Å². The molecule has 1 rings (SSSR count). The van der Waals surface area contributed by atoms with Crippen molar-refractivity contribution in [1.82, 2.24) is 4.90 Å². The topological polar surface area (TPSA) is 40.5 Å². The average molecular weight is 255 g/mol. The molecule has 0 aliphatic carbocycles. The van der Waals surface area contributed by atoms with E-state index in [0.29, 0.717) is 0 Å². The minimum atomic E-state index is -0.740. The molecule has 0 aliphatic heterocycles. The van der Waals surface area contributed by atoms with E-state index in [1.807, 2.05) is 27.9 Å². The van der Waals surface area contributed by atoms with Gasteiger partial charge in [-0.3, -0.25) is 4.79 Å². The summed E-state index contributed by atoms with van der Waals surface area (Å²) >= 11 is 1.71. The van der Waals surface area contributed by atoms with Gasteiger partial charge in [0.15, 0.2) is 0 Å². The third kappa shape index (κ3) is 3.30. The Morgan fingerprint density at radius 3 is 2.47 bits per heavy atom. The first-order chi connectivity index (χ1) is 7.75. The van der Waals surface area contributed by atoms with E-state index >= 15 is 0 Å². The quantitative estimate of drug-likeness (QED) is 0.878. The number of carbonyl (C=O) groups is 1. The molecule has 0 aliphatic rings. The van der Waals surface area contributed by atoms with Crippen molar-refractivity contribution in [1.29, 1.82) is 0 Å². The van der Waals surface area contributed by atoms with Crippen LogP contribution in [0.25, 0.3) is 0 Å². The molecular weight excluding hydrogens is 234 g/mol. The lowest BCUT2D eigenvalue weighted by Crippen LogP contribution is -2.35. The minimum Gasteiger partial charge on any atom is -0.481 e. The van der Waals surface area contributed by atoms with Crippen molar-refractivity contribution in [3.05, 3.63) is 21.9 Å². The summed E-state index contributed by atoms with van der Waals surface area (Å²) in [6.07, 6.45) is 0.174. The molecule has 1 unspecified atom stereocenters. The van der Waals surface area contributed by atoms with Gasteiger partial charge in [0, 0.05) is 10.9 Å². The number of thiophene rings is 1. The van der Waals surface area contributed by atoms with E-state index in [0.717, 1.165) is 0 Å². The van der Waals surface area contributed by atoms with Crippen molar-refractivity contribution >= 4 is 17.3 Å². The normalized spacial score (nSPS) is 14.0. The summed E-state index contributed by atoms with van der Waals surface area (Å²) in [6, 6.07) is 2.23. The number of aliphatic carboxylic acids is 1. The summed E-state index contributed by atoms with van der Waals surface area (Å²) in [6.45, 7) is 6.12. The Kier molecular flexibility index (Phi) is 4.33. The molecule has 0 bridgehead atoms. The first-order valence-corrected chi connectivity index (χ1v) is 6.56. The number of aryl methyl sites for hydroxylation is 1. The Bertz CT molecular complexity index is 396. The maximum absolute atomic E-state index is 11.0. The fraction of sp³-hybridized carbons (Fsp3) is 0.615. The van der Waals surface area contributed by atoms with Crippen molar-refractivity contribution in [2.45, 2.75) is 33.2 Å². The molecule has 0 amide bonds. The van der Waals surface area contributed by atoms with E-state index in [9.17, 15) is 4.79 Å². The second kappa shape index (κ2) is 5.19. The first-order valence-electron chi connectivity index (χ1n) is 5.68. The van der Waals surface area contributed by atoms with Crippen molar-refractivity contribution in [3.8, 4) is 0 Å². The highest BCUT2D eigenvalue weighted by atomic mass is 32.1. The van der Waals surface area contributed by atoms with Gasteiger partial charge in [-0.15, -0.1) is 11.3 Å². The van der Waals surface area contributed by atoms with Gasteiger partial charge < -0.3 is 10.0 Å². The van der Waals surface area contributed by atoms with Gasteiger partial charge in [0.25, 0.3) is 0 Å². The molecular formula is C13H21NO2S. The molecule has 1 heterocycles. The van der Waals surface area contributed by atoms with E-state index in [2.05, 4.69) is 23.3 Å². The van der Waals surface area contributed by atoms with Crippen LogP contribution >= 0.6 is 11.3 Å². The van der Waals surface area contributed by atoms with Gasteiger partial charge in [-0.05, 0) is 43.4 Å². The van der Waals surface area contributed by atoms with Crippen LogP contribution in [0.15, 0.2) is 11.4 Å². The molecule has 17 heavy (non-hydrogen) atoms. The molecule has 0 radical (unpaired) electrons. The Labute approximate surface area is 107 Å². The Morgan fingerprint density at radius 1 is 1.53 bits per heavy atom. The van der Waals surface area contributed by atoms with Crippen LogP contribution < -0.4 is 0 Å². The molecule has 1 atom stereocenters. The highest BCUT2D eigenvalue weighted by molar-refractivity contribution is 7.10. The maximum atomic E-state index is 11.0. The molecule has 96 valence electrons. The second-order valence-corrected chi connectivity index (χ2v) is 6.34. The maximum Gasteiger partial charge on any atom is 0.303 e. The summed E-state index contributed by atoms with van der Waals surface area (Å²) in [5.74, 6) is -0.740. The van der Waals surface area contributed by atoms with Gasteiger partial charge >= 0.3 is 5.97 Å². The lowest BCUT2D eigenvalue weighted by Gasteiger charge is -2.37. The van der Waals surface area contributed by atoms with Crippen LogP contribution in [-0.2, 0) is 4.79 Å². The predicted octanol–water partition coefficient (Wildman–Crippen LogP) is 3.16. The number of carboxylic acids is 1. The third-order valence-electron chi connectivity index (χ3n) is 3.01. The van der Waals surface area contributed by atoms with Gasteiger partial charge in [0.05, 0.1) is 6.42 Å². The first kappa shape index (κ1) is 14.2. The fourth-order valence-corrected chi connectivity index (χ4v) is 3.77. The number of carboxylic acid groups (broad SMARTS) is 1. The fourth-order valence-electron chi connectivity index (χ4n) is 2.44. The summed E-state index contributed by atoms with van der Waals surface area (Å²) in [5, 5.41) is 11.1. The van der Waals surface area contributed by atoms with Crippen LogP contribution in [0.2, 0.25) is 0 Å². The molecule has 4 heteroatoms. The van der Waals surface area contributed by atoms with Gasteiger partial charge in [-0.1, -0.05) is 13.8 Å². The zero-order chi connectivity index (χ0) is 13.2. The Hall–Kier alpha value is -0.870. The third-order valence-corrected chi connectivity index (χ3v) is 4.08. The zero-order valence-electron chi connectivity index (χ0n) is 11.2. The van der Waals surface area contributed by atoms with Gasteiger partial charge in [-0.25, -0.2) is 0 Å². The standard InChI is InChI=1S/C13H21NO2S/c1-9-6-7-17-11(9)12(14(4)5)13(2,3)8-10(15)16/h6-7,12H,8H2,1-5H3,(H,15,16). The van der Waals surface area contributed by atoms with Crippen molar-refractivity contribution < 1.29 is 9.90 Å². The highest BCUT2D eigenvalue weighted by Gasteiger charge is 2.36. The van der Waals surface area contributed by atoms with Crippen LogP contribution in [0, 0.1) is 12.3 Å². The van der Waals surface area contributed by atoms with Crippen molar-refractivity contribution in [2.24, 2.45) is 5.41 Å². The summed E-state index contributed by atoms with van der Waals surface area (Å²) in [4.78, 5) is 14.4. The van der Waals surface area contributed by atoms with Crippen LogP contribution in [0.3, 0.4) is 0 Å². The van der Waals surface area contributed by atoms with Crippen molar-refractivity contribution in [3.63, 3.8) is 0 Å². The molecule has 0 fully saturated rings. The second-order valence-electron chi connectivity index (χ2n) is 5.39. The van der Waals surface area contributed by atoms with Crippen LogP contribution in [-0.4, -0.2) is 30.1 Å². The Morgan fingerprint density at radius 2 is 2.12 bits per heavy atom. The lowest BCUT2D eigenvalue weighted by molar-refractivity contribution is -0.140. The zero-order valence-corrected chi connectivity index (χ0v) is 12.0. The molecule has 0 saturated carbocycles. The van der Waals surface area contributed by atoms with Crippen LogP contribution in [0.1, 0.15) is 36.8 Å². The Balaban J connectivity index is 3.10. The number of nitrogens with zero attached hydrogens (tertiary/aromatic N) is 1. The molecule has 1 N–H and O–H groups in total. The SMILES string of the molecule is Cc1ccsc1C(N(C)C)C(C)(C)CC(=O)O. The van der Waals surface area contributed by atoms with E-state index in [-0.39, 0.29) is 17.9 Å².